The molecule has 0 saturated carbocycles. The fourth-order valence-electron chi connectivity index (χ4n) is 3.71. The molecule has 0 saturated heterocycles. The highest BCUT2D eigenvalue weighted by atomic mass is 32.2. The molecule has 1 N–H and O–H groups in total. The van der Waals surface area contributed by atoms with Gasteiger partial charge in [0.1, 0.15) is 0 Å². The Bertz CT molecular complexity index is 490. The molecule has 6 heteroatoms. The zero-order chi connectivity index (χ0) is 22.5. The van der Waals surface area contributed by atoms with E-state index in [1.165, 1.54) is 64.2 Å². The normalized spacial score (nSPS) is 12.8. The van der Waals surface area contributed by atoms with Crippen LogP contribution in [0, 0.1) is 0 Å². The molecule has 0 aromatic carbocycles. The van der Waals surface area contributed by atoms with Gasteiger partial charge in [0.05, 0.1) is 6.61 Å². The Morgan fingerprint density at radius 1 is 0.667 bits per heavy atom. The highest BCUT2D eigenvalue weighted by Crippen LogP contribution is 2.15. The lowest BCUT2D eigenvalue weighted by atomic mass is 10.1. The molecule has 0 rings (SSSR count). The van der Waals surface area contributed by atoms with Crippen LogP contribution in [0.2, 0.25) is 0 Å². The largest absolute Gasteiger partial charge is 0.465 e. The third-order valence-corrected chi connectivity index (χ3v) is 6.83. The molecule has 0 aliphatic heterocycles. The minimum absolute atomic E-state index is 0.141. The number of carbonyl (C=O) groups excluding carboxylic acids is 1. The molecule has 0 spiro atoms. The van der Waals surface area contributed by atoms with E-state index < -0.39 is 21.3 Å². The molecule has 0 fully saturated rings. The summed E-state index contributed by atoms with van der Waals surface area (Å²) in [7, 11) is -4.40. The summed E-state index contributed by atoms with van der Waals surface area (Å²) in [6, 6.07) is 0. The van der Waals surface area contributed by atoms with Gasteiger partial charge in [-0.2, -0.15) is 8.42 Å². The topological polar surface area (TPSA) is 80.7 Å². The highest BCUT2D eigenvalue weighted by molar-refractivity contribution is 7.87. The maximum absolute atomic E-state index is 12.1. The summed E-state index contributed by atoms with van der Waals surface area (Å²) in [6.45, 7) is 4.61. The van der Waals surface area contributed by atoms with Crippen molar-refractivity contribution < 1.29 is 22.5 Å². The van der Waals surface area contributed by atoms with E-state index in [0.29, 0.717) is 6.42 Å². The van der Waals surface area contributed by atoms with Gasteiger partial charge in [-0.25, -0.2) is 0 Å². The number of unbranched alkanes of at least 4 members (excludes halogenated alkanes) is 16. The van der Waals surface area contributed by atoms with E-state index in [9.17, 15) is 17.8 Å². The van der Waals surface area contributed by atoms with Gasteiger partial charge < -0.3 is 4.74 Å². The molecule has 180 valence electrons. The molecular weight excluding hydrogens is 400 g/mol. The average molecular weight is 449 g/mol. The van der Waals surface area contributed by atoms with Gasteiger partial charge in [0.2, 0.25) is 0 Å². The molecule has 0 radical (unpaired) electrons. The van der Waals surface area contributed by atoms with Crippen LogP contribution in [0.25, 0.3) is 0 Å². The van der Waals surface area contributed by atoms with E-state index in [1.54, 1.807) is 0 Å². The Morgan fingerprint density at radius 3 is 1.43 bits per heavy atom. The van der Waals surface area contributed by atoms with Gasteiger partial charge in [-0.3, -0.25) is 9.35 Å². The summed E-state index contributed by atoms with van der Waals surface area (Å²) < 4.78 is 37.6. The van der Waals surface area contributed by atoms with Crippen LogP contribution in [0.1, 0.15) is 136 Å². The lowest BCUT2D eigenvalue weighted by molar-refractivity contribution is -0.143. The van der Waals surface area contributed by atoms with Gasteiger partial charge in [0, 0.05) is 0 Å². The van der Waals surface area contributed by atoms with Gasteiger partial charge in [-0.05, 0) is 12.8 Å². The Kier molecular flexibility index (Phi) is 19.9. The van der Waals surface area contributed by atoms with Gasteiger partial charge in [0.15, 0.2) is 5.25 Å². The second-order valence-electron chi connectivity index (χ2n) is 8.62. The molecule has 1 unspecified atom stereocenters. The number of hydrogen-bond acceptors (Lipinski definition) is 4. The molecule has 0 aliphatic rings. The second-order valence-corrected chi connectivity index (χ2v) is 10.2. The lowest BCUT2D eigenvalue weighted by Gasteiger charge is -2.13. The summed E-state index contributed by atoms with van der Waals surface area (Å²) in [4.78, 5) is 12.1. The highest BCUT2D eigenvalue weighted by Gasteiger charge is 2.31. The van der Waals surface area contributed by atoms with Gasteiger partial charge >= 0.3 is 5.97 Å². The summed E-state index contributed by atoms with van der Waals surface area (Å²) in [6.07, 6.45) is 20.8. The van der Waals surface area contributed by atoms with Crippen molar-refractivity contribution >= 4 is 16.1 Å². The van der Waals surface area contributed by atoms with Crippen molar-refractivity contribution in [1.29, 1.82) is 0 Å². The van der Waals surface area contributed by atoms with Crippen molar-refractivity contribution in [2.75, 3.05) is 6.61 Å². The smallest absolute Gasteiger partial charge is 0.326 e. The Morgan fingerprint density at radius 2 is 1.03 bits per heavy atom. The maximum atomic E-state index is 12.1. The van der Waals surface area contributed by atoms with Gasteiger partial charge in [0.25, 0.3) is 10.1 Å². The van der Waals surface area contributed by atoms with Crippen LogP contribution in [-0.4, -0.2) is 30.8 Å². The van der Waals surface area contributed by atoms with Crippen LogP contribution in [0.15, 0.2) is 0 Å². The fourth-order valence-corrected chi connectivity index (χ4v) is 4.48. The molecule has 30 heavy (non-hydrogen) atoms. The molecule has 0 amide bonds. The van der Waals surface area contributed by atoms with Crippen molar-refractivity contribution in [3.8, 4) is 0 Å². The third-order valence-electron chi connectivity index (χ3n) is 5.68. The third kappa shape index (κ3) is 18.2. The number of carbonyl (C=O) groups is 1. The predicted molar refractivity (Wildman–Crippen MR) is 125 cm³/mol. The van der Waals surface area contributed by atoms with E-state index in [1.807, 2.05) is 0 Å². The minimum atomic E-state index is -4.40. The summed E-state index contributed by atoms with van der Waals surface area (Å²) >= 11 is 0. The van der Waals surface area contributed by atoms with Crippen LogP contribution in [0.5, 0.6) is 0 Å². The lowest BCUT2D eigenvalue weighted by Crippen LogP contribution is -2.32. The fraction of sp³-hybridized carbons (Fsp3) is 0.958. The van der Waals surface area contributed by atoms with Crippen molar-refractivity contribution in [2.45, 2.75) is 141 Å². The first-order chi connectivity index (χ1) is 14.4. The van der Waals surface area contributed by atoms with Gasteiger partial charge in [-0.1, -0.05) is 123 Å². The van der Waals surface area contributed by atoms with Crippen LogP contribution in [0.4, 0.5) is 0 Å². The molecule has 0 aliphatic carbocycles. The summed E-state index contributed by atoms with van der Waals surface area (Å²) in [5, 5.41) is -1.43. The number of rotatable bonds is 22. The first-order valence-corrected chi connectivity index (χ1v) is 14.1. The molecular formula is C24H48O5S. The Labute approximate surface area is 186 Å². The van der Waals surface area contributed by atoms with Crippen LogP contribution >= 0.6 is 0 Å². The van der Waals surface area contributed by atoms with Crippen molar-refractivity contribution in [1.82, 2.24) is 0 Å². The van der Waals surface area contributed by atoms with E-state index >= 15 is 0 Å². The molecule has 0 aromatic rings. The van der Waals surface area contributed by atoms with Gasteiger partial charge in [-0.15, -0.1) is 0 Å². The van der Waals surface area contributed by atoms with Crippen LogP contribution in [-0.2, 0) is 19.6 Å². The summed E-state index contributed by atoms with van der Waals surface area (Å²) in [5.74, 6) is -0.797. The summed E-state index contributed by atoms with van der Waals surface area (Å²) in [5.41, 5.74) is 0. The number of hydrogen-bond donors (Lipinski definition) is 1. The molecule has 1 atom stereocenters. The maximum Gasteiger partial charge on any atom is 0.326 e. The average Bonchev–Trinajstić information content (AvgIpc) is 2.69. The van der Waals surface area contributed by atoms with E-state index in [2.05, 4.69) is 13.8 Å². The van der Waals surface area contributed by atoms with E-state index in [0.717, 1.165) is 44.9 Å². The SMILES string of the molecule is CCCCCCCCCCCCCCOC(=O)C(CCCCCCCC)S(=O)(=O)O. The van der Waals surface area contributed by atoms with Crippen molar-refractivity contribution in [2.24, 2.45) is 0 Å². The molecule has 0 heterocycles. The first kappa shape index (κ1) is 29.4. The van der Waals surface area contributed by atoms with E-state index in [-0.39, 0.29) is 13.0 Å². The first-order valence-electron chi connectivity index (χ1n) is 12.6. The minimum Gasteiger partial charge on any atom is -0.465 e. The Balaban J connectivity index is 3.74. The second kappa shape index (κ2) is 20.3. The van der Waals surface area contributed by atoms with Crippen LogP contribution in [0.3, 0.4) is 0 Å². The monoisotopic (exact) mass is 448 g/mol. The quantitative estimate of drug-likeness (QED) is 0.107. The zero-order valence-electron chi connectivity index (χ0n) is 19.7. The Hall–Kier alpha value is -0.620. The molecule has 0 aromatic heterocycles. The van der Waals surface area contributed by atoms with Crippen LogP contribution < -0.4 is 0 Å². The standard InChI is InChI=1S/C24H48O5S/c1-3-5-7-9-11-12-13-14-15-16-18-20-22-29-24(25)23(30(26,27)28)21-19-17-10-8-6-4-2/h23H,3-22H2,1-2H3,(H,26,27,28). The molecule has 5 nitrogen and oxygen atoms in total. The number of esters is 1. The van der Waals surface area contributed by atoms with E-state index in [4.69, 9.17) is 4.74 Å². The zero-order valence-corrected chi connectivity index (χ0v) is 20.5. The van der Waals surface area contributed by atoms with Crippen molar-refractivity contribution in [3.63, 3.8) is 0 Å². The van der Waals surface area contributed by atoms with Crippen molar-refractivity contribution in [3.05, 3.63) is 0 Å². The number of ether oxygens (including phenoxy) is 1. The molecule has 0 bridgehead atoms. The predicted octanol–water partition coefficient (Wildman–Crippen LogP) is 7.24.